The molecule has 0 saturated heterocycles. The van der Waals surface area contributed by atoms with Gasteiger partial charge in [0.2, 0.25) is 0 Å². The first-order chi connectivity index (χ1) is 7.97. The van der Waals surface area contributed by atoms with Gasteiger partial charge in [0, 0.05) is 21.8 Å². The zero-order valence-electron chi connectivity index (χ0n) is 10.1. The van der Waals surface area contributed by atoms with E-state index in [-0.39, 0.29) is 16.9 Å². The zero-order valence-corrected chi connectivity index (χ0v) is 13.2. The third kappa shape index (κ3) is 4.12. The van der Waals surface area contributed by atoms with Gasteiger partial charge in [-0.05, 0) is 34.3 Å². The maximum atomic E-state index is 14.0. The molecule has 1 aromatic rings. The van der Waals surface area contributed by atoms with Gasteiger partial charge >= 0.3 is 0 Å². The fourth-order valence-electron chi connectivity index (χ4n) is 1.43. The van der Waals surface area contributed by atoms with Crippen molar-refractivity contribution in [1.82, 2.24) is 5.32 Å². The van der Waals surface area contributed by atoms with Crippen molar-refractivity contribution >= 4 is 39.3 Å². The van der Waals surface area contributed by atoms with Crippen LogP contribution in [0.3, 0.4) is 0 Å². The van der Waals surface area contributed by atoms with E-state index in [1.165, 1.54) is 0 Å². The first-order valence-electron chi connectivity index (χ1n) is 5.39. The van der Waals surface area contributed by atoms with Crippen LogP contribution >= 0.6 is 39.3 Å². The summed E-state index contributed by atoms with van der Waals surface area (Å²) in [7, 11) is 1.83. The van der Waals surface area contributed by atoms with Crippen molar-refractivity contribution in [1.29, 1.82) is 0 Å². The number of hydrogen-bond donors (Lipinski definition) is 1. The SMILES string of the molecule is CNC(CSC(C)C)c1ccc(Br)c(Cl)c1F. The topological polar surface area (TPSA) is 12.0 Å². The summed E-state index contributed by atoms with van der Waals surface area (Å²) in [5.74, 6) is 0.480. The van der Waals surface area contributed by atoms with Crippen LogP contribution in [0.4, 0.5) is 4.39 Å². The van der Waals surface area contributed by atoms with E-state index in [2.05, 4.69) is 35.1 Å². The molecule has 0 aliphatic carbocycles. The molecule has 0 spiro atoms. The highest BCUT2D eigenvalue weighted by Crippen LogP contribution is 2.31. The lowest BCUT2D eigenvalue weighted by molar-refractivity contribution is 0.565. The highest BCUT2D eigenvalue weighted by atomic mass is 79.9. The Balaban J connectivity index is 2.92. The summed E-state index contributed by atoms with van der Waals surface area (Å²) in [5, 5.41) is 3.80. The number of rotatable bonds is 5. The van der Waals surface area contributed by atoms with E-state index in [4.69, 9.17) is 11.6 Å². The van der Waals surface area contributed by atoms with Crippen molar-refractivity contribution in [3.63, 3.8) is 0 Å². The van der Waals surface area contributed by atoms with Gasteiger partial charge in [-0.3, -0.25) is 0 Å². The summed E-state index contributed by atoms with van der Waals surface area (Å²) in [5.41, 5.74) is 0.619. The molecule has 0 bridgehead atoms. The van der Waals surface area contributed by atoms with Crippen LogP contribution < -0.4 is 5.32 Å². The first-order valence-corrected chi connectivity index (χ1v) is 7.61. The average molecular weight is 341 g/mol. The molecule has 0 aliphatic heterocycles. The number of benzene rings is 1. The van der Waals surface area contributed by atoms with Crippen LogP contribution in [0.1, 0.15) is 25.5 Å². The van der Waals surface area contributed by atoms with Crippen LogP contribution in [-0.2, 0) is 0 Å². The Morgan fingerprint density at radius 2 is 2.12 bits per heavy atom. The molecular formula is C12H16BrClFNS. The largest absolute Gasteiger partial charge is 0.312 e. The quantitative estimate of drug-likeness (QED) is 0.783. The molecule has 0 radical (unpaired) electrons. The van der Waals surface area contributed by atoms with E-state index in [9.17, 15) is 4.39 Å². The molecule has 0 saturated carbocycles. The Morgan fingerprint density at radius 3 is 2.65 bits per heavy atom. The maximum Gasteiger partial charge on any atom is 0.147 e. The molecule has 0 aromatic heterocycles. The normalized spacial score (nSPS) is 13.1. The molecule has 1 unspecified atom stereocenters. The van der Waals surface area contributed by atoms with Gasteiger partial charge in [-0.1, -0.05) is 31.5 Å². The molecule has 0 heterocycles. The Hall–Kier alpha value is 0.230. The minimum absolute atomic E-state index is 0.0204. The highest BCUT2D eigenvalue weighted by molar-refractivity contribution is 9.10. The van der Waals surface area contributed by atoms with Crippen LogP contribution in [0.2, 0.25) is 5.02 Å². The molecular weight excluding hydrogens is 325 g/mol. The third-order valence-corrected chi connectivity index (χ3v) is 4.84. The third-order valence-electron chi connectivity index (χ3n) is 2.39. The summed E-state index contributed by atoms with van der Waals surface area (Å²) in [6.07, 6.45) is 0. The average Bonchev–Trinajstić information content (AvgIpc) is 2.29. The maximum absolute atomic E-state index is 14.0. The second-order valence-electron chi connectivity index (χ2n) is 3.99. The summed E-state index contributed by atoms with van der Waals surface area (Å²) >= 11 is 10.9. The molecule has 1 aromatic carbocycles. The second kappa shape index (κ2) is 6.98. The molecule has 1 N–H and O–H groups in total. The number of halogens is 3. The van der Waals surface area contributed by atoms with Gasteiger partial charge in [-0.15, -0.1) is 0 Å². The van der Waals surface area contributed by atoms with Gasteiger partial charge in [-0.2, -0.15) is 11.8 Å². The summed E-state index contributed by atoms with van der Waals surface area (Å²) in [4.78, 5) is 0. The van der Waals surface area contributed by atoms with Crippen molar-refractivity contribution in [3.05, 3.63) is 33.0 Å². The van der Waals surface area contributed by atoms with Gasteiger partial charge < -0.3 is 5.32 Å². The summed E-state index contributed by atoms with van der Waals surface area (Å²) in [6.45, 7) is 4.25. The lowest BCUT2D eigenvalue weighted by atomic mass is 10.1. The predicted octanol–water partition coefficient (Wildman–Crippen LogP) is 4.64. The Labute approximate surface area is 120 Å². The highest BCUT2D eigenvalue weighted by Gasteiger charge is 2.18. The Kier molecular flexibility index (Phi) is 6.27. The van der Waals surface area contributed by atoms with Crippen molar-refractivity contribution in [2.24, 2.45) is 0 Å². The van der Waals surface area contributed by atoms with Crippen LogP contribution in [0, 0.1) is 5.82 Å². The molecule has 96 valence electrons. The summed E-state index contributed by atoms with van der Waals surface area (Å²) in [6, 6.07) is 3.53. The molecule has 17 heavy (non-hydrogen) atoms. The molecule has 1 rings (SSSR count). The molecule has 0 fully saturated rings. The zero-order chi connectivity index (χ0) is 13.0. The smallest absolute Gasteiger partial charge is 0.147 e. The van der Waals surface area contributed by atoms with E-state index in [1.807, 2.05) is 7.05 Å². The molecule has 0 amide bonds. The van der Waals surface area contributed by atoms with Crippen LogP contribution in [-0.4, -0.2) is 18.1 Å². The molecule has 5 heteroatoms. The van der Waals surface area contributed by atoms with Crippen molar-refractivity contribution < 1.29 is 4.39 Å². The van der Waals surface area contributed by atoms with Crippen LogP contribution in [0.5, 0.6) is 0 Å². The van der Waals surface area contributed by atoms with Gasteiger partial charge in [-0.25, -0.2) is 4.39 Å². The predicted molar refractivity (Wildman–Crippen MR) is 78.5 cm³/mol. The summed E-state index contributed by atoms with van der Waals surface area (Å²) < 4.78 is 14.6. The van der Waals surface area contributed by atoms with E-state index in [0.29, 0.717) is 15.3 Å². The van der Waals surface area contributed by atoms with Crippen molar-refractivity contribution in [2.75, 3.05) is 12.8 Å². The van der Waals surface area contributed by atoms with E-state index >= 15 is 0 Å². The minimum Gasteiger partial charge on any atom is -0.312 e. The van der Waals surface area contributed by atoms with Crippen molar-refractivity contribution in [2.45, 2.75) is 25.1 Å². The Bertz CT molecular complexity index is 387. The standard InChI is InChI=1S/C12H16BrClFNS/c1-7(2)17-6-10(16-3)8-4-5-9(13)11(14)12(8)15/h4-5,7,10,16H,6H2,1-3H3. The lowest BCUT2D eigenvalue weighted by Crippen LogP contribution is -2.21. The van der Waals surface area contributed by atoms with E-state index < -0.39 is 0 Å². The van der Waals surface area contributed by atoms with Crippen molar-refractivity contribution in [3.8, 4) is 0 Å². The van der Waals surface area contributed by atoms with Gasteiger partial charge in [0.25, 0.3) is 0 Å². The number of hydrogen-bond acceptors (Lipinski definition) is 2. The van der Waals surface area contributed by atoms with Gasteiger partial charge in [0.05, 0.1) is 5.02 Å². The Morgan fingerprint density at radius 1 is 1.47 bits per heavy atom. The fraction of sp³-hybridized carbons (Fsp3) is 0.500. The lowest BCUT2D eigenvalue weighted by Gasteiger charge is -2.19. The van der Waals surface area contributed by atoms with Gasteiger partial charge in [0.15, 0.2) is 0 Å². The van der Waals surface area contributed by atoms with Crippen LogP contribution in [0.25, 0.3) is 0 Å². The first kappa shape index (κ1) is 15.3. The monoisotopic (exact) mass is 339 g/mol. The fourth-order valence-corrected chi connectivity index (χ4v) is 2.83. The molecule has 1 nitrogen and oxygen atoms in total. The van der Waals surface area contributed by atoms with E-state index in [1.54, 1.807) is 23.9 Å². The number of nitrogens with one attached hydrogen (secondary N) is 1. The van der Waals surface area contributed by atoms with Gasteiger partial charge in [0.1, 0.15) is 5.82 Å². The number of thioether (sulfide) groups is 1. The molecule has 0 aliphatic rings. The molecule has 1 atom stereocenters. The second-order valence-corrected chi connectivity index (χ2v) is 6.83. The van der Waals surface area contributed by atoms with Crippen LogP contribution in [0.15, 0.2) is 16.6 Å². The minimum atomic E-state index is -0.343. The van der Waals surface area contributed by atoms with E-state index in [0.717, 1.165) is 5.75 Å².